The van der Waals surface area contributed by atoms with Crippen molar-refractivity contribution in [3.05, 3.63) is 34.9 Å². The van der Waals surface area contributed by atoms with Crippen LogP contribution in [-0.4, -0.2) is 44.2 Å². The Balaban J connectivity index is 1.67. The summed E-state index contributed by atoms with van der Waals surface area (Å²) in [6, 6.07) is 6.56. The molecule has 1 unspecified atom stereocenters. The summed E-state index contributed by atoms with van der Waals surface area (Å²) in [5.74, 6) is 1.21. The molecule has 1 atom stereocenters. The maximum atomic E-state index is 12.7. The molecule has 1 amide bonds. The van der Waals surface area contributed by atoms with Gasteiger partial charge in [0.2, 0.25) is 5.91 Å². The number of amides is 1. The summed E-state index contributed by atoms with van der Waals surface area (Å²) >= 11 is 1.49. The van der Waals surface area contributed by atoms with E-state index in [1.165, 1.54) is 34.7 Å². The first-order chi connectivity index (χ1) is 12.9. The maximum absolute atomic E-state index is 12.7. The van der Waals surface area contributed by atoms with Gasteiger partial charge in [0, 0.05) is 13.1 Å². The van der Waals surface area contributed by atoms with Crippen LogP contribution in [0.4, 0.5) is 0 Å². The van der Waals surface area contributed by atoms with Crippen molar-refractivity contribution in [1.29, 1.82) is 0 Å². The number of carbonyl (C=O) groups excluding carboxylic acids is 1. The molecule has 3 aromatic rings. The number of hydrogen-bond acceptors (Lipinski definition) is 4. The number of fused-ring (bicyclic) bond motifs is 3. The molecule has 4 rings (SSSR count). The van der Waals surface area contributed by atoms with Gasteiger partial charge in [0.05, 0.1) is 11.3 Å². The van der Waals surface area contributed by atoms with Crippen molar-refractivity contribution in [3.8, 4) is 0 Å². The lowest BCUT2D eigenvalue weighted by molar-refractivity contribution is -0.130. The highest BCUT2D eigenvalue weighted by Gasteiger charge is 2.22. The maximum Gasteiger partial charge on any atom is 0.233 e. The topological polar surface area (TPSA) is 50.5 Å². The van der Waals surface area contributed by atoms with Gasteiger partial charge < -0.3 is 4.90 Å². The molecular formula is C21H26N4OS. The molecule has 6 heteroatoms. The van der Waals surface area contributed by atoms with Crippen molar-refractivity contribution >= 4 is 34.2 Å². The van der Waals surface area contributed by atoms with Crippen molar-refractivity contribution in [3.63, 3.8) is 0 Å². The lowest BCUT2D eigenvalue weighted by Crippen LogP contribution is -2.40. The van der Waals surface area contributed by atoms with Crippen LogP contribution in [0.5, 0.6) is 0 Å². The van der Waals surface area contributed by atoms with E-state index >= 15 is 0 Å². The van der Waals surface area contributed by atoms with Gasteiger partial charge in [0.1, 0.15) is 0 Å². The van der Waals surface area contributed by atoms with Crippen molar-refractivity contribution in [1.82, 2.24) is 19.5 Å². The first-order valence-corrected chi connectivity index (χ1v) is 10.6. The molecule has 142 valence electrons. The highest BCUT2D eigenvalue weighted by Crippen LogP contribution is 2.29. The van der Waals surface area contributed by atoms with Crippen molar-refractivity contribution in [2.45, 2.75) is 45.7 Å². The molecule has 2 aromatic heterocycles. The van der Waals surface area contributed by atoms with Crippen molar-refractivity contribution < 1.29 is 4.79 Å². The molecule has 0 bridgehead atoms. The average molecular weight is 383 g/mol. The molecule has 1 saturated heterocycles. The van der Waals surface area contributed by atoms with E-state index in [-0.39, 0.29) is 5.91 Å². The van der Waals surface area contributed by atoms with Crippen LogP contribution in [0.1, 0.15) is 36.5 Å². The SMILES string of the molecule is Cc1cc(C)c2c(c1)cc(C)c1nnc(SCC(=O)N3CCCC(C)C3)n12. The largest absolute Gasteiger partial charge is 0.342 e. The summed E-state index contributed by atoms with van der Waals surface area (Å²) < 4.78 is 2.12. The van der Waals surface area contributed by atoms with Crippen LogP contribution in [-0.2, 0) is 4.79 Å². The smallest absolute Gasteiger partial charge is 0.233 e. The second-order valence-electron chi connectivity index (χ2n) is 7.86. The summed E-state index contributed by atoms with van der Waals surface area (Å²) in [4.78, 5) is 14.7. The summed E-state index contributed by atoms with van der Waals surface area (Å²) in [5, 5.41) is 10.8. The van der Waals surface area contributed by atoms with Gasteiger partial charge in [-0.3, -0.25) is 9.20 Å². The van der Waals surface area contributed by atoms with Crippen LogP contribution >= 0.6 is 11.8 Å². The van der Waals surface area contributed by atoms with Crippen molar-refractivity contribution in [2.75, 3.05) is 18.8 Å². The van der Waals surface area contributed by atoms with Gasteiger partial charge in [-0.05, 0) is 68.2 Å². The second-order valence-corrected chi connectivity index (χ2v) is 8.81. The van der Waals surface area contributed by atoms with Crippen molar-refractivity contribution in [2.24, 2.45) is 5.92 Å². The Bertz CT molecular complexity index is 1030. The van der Waals surface area contributed by atoms with Gasteiger partial charge in [-0.2, -0.15) is 0 Å². The predicted molar refractivity (Wildman–Crippen MR) is 110 cm³/mol. The predicted octanol–water partition coefficient (Wildman–Crippen LogP) is 4.16. The third-order valence-electron chi connectivity index (χ3n) is 5.39. The van der Waals surface area contributed by atoms with Crippen LogP contribution in [0.2, 0.25) is 0 Å². The Labute approximate surface area is 164 Å². The number of aromatic nitrogens is 3. The minimum atomic E-state index is 0.202. The number of rotatable bonds is 3. The number of likely N-dealkylation sites (tertiary alicyclic amines) is 1. The lowest BCUT2D eigenvalue weighted by atomic mass is 10.0. The van der Waals surface area contributed by atoms with Gasteiger partial charge in [-0.1, -0.05) is 30.3 Å². The molecule has 0 radical (unpaired) electrons. The van der Waals surface area contributed by atoms with Crippen LogP contribution in [0, 0.1) is 26.7 Å². The summed E-state index contributed by atoms with van der Waals surface area (Å²) in [7, 11) is 0. The minimum absolute atomic E-state index is 0.202. The molecule has 5 nitrogen and oxygen atoms in total. The number of hydrogen-bond donors (Lipinski definition) is 0. The average Bonchev–Trinajstić information content (AvgIpc) is 3.03. The molecule has 3 heterocycles. The van der Waals surface area contributed by atoms with Gasteiger partial charge in [0.25, 0.3) is 0 Å². The zero-order valence-electron chi connectivity index (χ0n) is 16.5. The quantitative estimate of drug-likeness (QED) is 0.638. The number of carbonyl (C=O) groups is 1. The molecule has 27 heavy (non-hydrogen) atoms. The Morgan fingerprint density at radius 2 is 2.00 bits per heavy atom. The number of aryl methyl sites for hydroxylation is 3. The first-order valence-electron chi connectivity index (χ1n) is 9.60. The van der Waals surface area contributed by atoms with E-state index in [9.17, 15) is 4.79 Å². The third kappa shape index (κ3) is 3.43. The van der Waals surface area contributed by atoms with E-state index in [2.05, 4.69) is 60.5 Å². The lowest BCUT2D eigenvalue weighted by Gasteiger charge is -2.30. The number of pyridine rings is 1. The van der Waals surface area contributed by atoms with E-state index in [1.54, 1.807) is 0 Å². The van der Waals surface area contributed by atoms with E-state index < -0.39 is 0 Å². The van der Waals surface area contributed by atoms with E-state index in [1.807, 2.05) is 4.90 Å². The van der Waals surface area contributed by atoms with Crippen LogP contribution in [0.15, 0.2) is 23.4 Å². The zero-order chi connectivity index (χ0) is 19.1. The number of benzene rings is 1. The fraction of sp³-hybridized carbons (Fsp3) is 0.476. The fourth-order valence-electron chi connectivity index (χ4n) is 4.16. The van der Waals surface area contributed by atoms with Crippen LogP contribution in [0.25, 0.3) is 16.6 Å². The highest BCUT2D eigenvalue weighted by molar-refractivity contribution is 7.99. The normalized spacial score (nSPS) is 17.8. The molecule has 1 fully saturated rings. The second kappa shape index (κ2) is 7.15. The van der Waals surface area contributed by atoms with Gasteiger partial charge in [-0.15, -0.1) is 10.2 Å². The Hall–Kier alpha value is -2.08. The van der Waals surface area contributed by atoms with Crippen LogP contribution < -0.4 is 0 Å². The zero-order valence-corrected chi connectivity index (χ0v) is 17.3. The van der Waals surface area contributed by atoms with Gasteiger partial charge in [-0.25, -0.2) is 0 Å². The van der Waals surface area contributed by atoms with Gasteiger partial charge >= 0.3 is 0 Å². The standard InChI is InChI=1S/C21H26N4OS/c1-13-6-5-7-24(11-13)18(26)12-27-21-23-22-20-16(4)10-17-9-14(2)8-15(3)19(17)25(20)21/h8-10,13H,5-7,11-12H2,1-4H3. The minimum Gasteiger partial charge on any atom is -0.342 e. The molecular weight excluding hydrogens is 356 g/mol. The summed E-state index contributed by atoms with van der Waals surface area (Å²) in [5.41, 5.74) is 5.55. The molecule has 1 aromatic carbocycles. The fourth-order valence-corrected chi connectivity index (χ4v) is 5.00. The van der Waals surface area contributed by atoms with E-state index in [0.717, 1.165) is 41.4 Å². The monoisotopic (exact) mass is 382 g/mol. The Morgan fingerprint density at radius 3 is 2.78 bits per heavy atom. The first kappa shape index (κ1) is 18.3. The van der Waals surface area contributed by atoms with E-state index in [0.29, 0.717) is 11.7 Å². The molecule has 0 saturated carbocycles. The van der Waals surface area contributed by atoms with Gasteiger partial charge in [0.15, 0.2) is 10.8 Å². The number of nitrogens with zero attached hydrogens (tertiary/aromatic N) is 4. The summed E-state index contributed by atoms with van der Waals surface area (Å²) in [6.45, 7) is 10.3. The number of thioether (sulfide) groups is 1. The Kier molecular flexibility index (Phi) is 4.84. The van der Waals surface area contributed by atoms with E-state index in [4.69, 9.17) is 0 Å². The molecule has 0 N–H and O–H groups in total. The Morgan fingerprint density at radius 1 is 1.19 bits per heavy atom. The molecule has 1 aliphatic heterocycles. The third-order valence-corrected chi connectivity index (χ3v) is 6.30. The molecule has 1 aliphatic rings. The molecule has 0 spiro atoms. The van der Waals surface area contributed by atoms with Crippen LogP contribution in [0.3, 0.4) is 0 Å². The molecule has 0 aliphatic carbocycles. The summed E-state index contributed by atoms with van der Waals surface area (Å²) in [6.07, 6.45) is 2.32. The highest BCUT2D eigenvalue weighted by atomic mass is 32.2. The number of piperidine rings is 1.